The van der Waals surface area contributed by atoms with Crippen LogP contribution in [0.2, 0.25) is 0 Å². The highest BCUT2D eigenvalue weighted by Crippen LogP contribution is 2.24. The maximum atomic E-state index is 5.45. The van der Waals surface area contributed by atoms with Crippen molar-refractivity contribution in [2.24, 2.45) is 0 Å². The van der Waals surface area contributed by atoms with E-state index in [1.54, 1.807) is 10.7 Å². The summed E-state index contributed by atoms with van der Waals surface area (Å²) in [6.07, 6.45) is 7.88. The summed E-state index contributed by atoms with van der Waals surface area (Å²) in [6.45, 7) is 5.08. The average molecular weight is 394 g/mol. The van der Waals surface area contributed by atoms with E-state index in [0.29, 0.717) is 6.04 Å². The molecule has 3 aromatic heterocycles. The summed E-state index contributed by atoms with van der Waals surface area (Å²) >= 11 is 0. The molecule has 2 aliphatic rings. The van der Waals surface area contributed by atoms with Crippen LogP contribution in [0.1, 0.15) is 12.8 Å². The van der Waals surface area contributed by atoms with E-state index in [1.165, 1.54) is 0 Å². The number of nitrogens with zero attached hydrogens (tertiary/aromatic N) is 8. The lowest BCUT2D eigenvalue weighted by Gasteiger charge is -2.39. The zero-order valence-electron chi connectivity index (χ0n) is 16.7. The maximum Gasteiger partial charge on any atom is 0.227 e. The average Bonchev–Trinajstić information content (AvgIpc) is 3.27. The van der Waals surface area contributed by atoms with Crippen molar-refractivity contribution in [3.8, 4) is 0 Å². The van der Waals surface area contributed by atoms with Gasteiger partial charge in [0.25, 0.3) is 0 Å². The van der Waals surface area contributed by atoms with Gasteiger partial charge in [0.2, 0.25) is 5.95 Å². The third-order valence-corrected chi connectivity index (χ3v) is 5.80. The third kappa shape index (κ3) is 3.69. The molecule has 0 radical (unpaired) electrons. The Labute approximate surface area is 169 Å². The number of ether oxygens (including phenoxy) is 1. The molecule has 0 N–H and O–H groups in total. The predicted octanol–water partition coefficient (Wildman–Crippen LogP) is 1.46. The molecule has 2 saturated heterocycles. The lowest BCUT2D eigenvalue weighted by atomic mass is 10.0. The van der Waals surface area contributed by atoms with Crippen molar-refractivity contribution in [2.45, 2.75) is 18.9 Å². The number of rotatable bonds is 4. The number of fused-ring (bicyclic) bond motifs is 1. The summed E-state index contributed by atoms with van der Waals surface area (Å²) < 4.78 is 7.24. The van der Waals surface area contributed by atoms with Crippen molar-refractivity contribution in [1.29, 1.82) is 0 Å². The lowest BCUT2D eigenvalue weighted by molar-refractivity contribution is 0.122. The third-order valence-electron chi connectivity index (χ3n) is 5.80. The molecule has 1 unspecified atom stereocenters. The van der Waals surface area contributed by atoms with E-state index < -0.39 is 0 Å². The number of likely N-dealkylation sites (N-methyl/N-ethyl adjacent to an activating group) is 1. The second-order valence-corrected chi connectivity index (χ2v) is 7.59. The topological polar surface area (TPSA) is 74.9 Å². The number of hydrogen-bond acceptors (Lipinski definition) is 8. The van der Waals surface area contributed by atoms with Crippen LogP contribution in [-0.2, 0) is 4.74 Å². The fourth-order valence-electron chi connectivity index (χ4n) is 4.10. The number of hydrogen-bond donors (Lipinski definition) is 0. The minimum absolute atomic E-state index is 0.374. The van der Waals surface area contributed by atoms with E-state index in [9.17, 15) is 0 Å². The van der Waals surface area contributed by atoms with Crippen LogP contribution in [0.3, 0.4) is 0 Å². The molecule has 2 aliphatic heterocycles. The van der Waals surface area contributed by atoms with Gasteiger partial charge in [-0.1, -0.05) is 0 Å². The zero-order valence-corrected chi connectivity index (χ0v) is 16.7. The Morgan fingerprint density at radius 2 is 1.93 bits per heavy atom. The minimum atomic E-state index is 0.374. The maximum absolute atomic E-state index is 5.45. The number of morpholine rings is 1. The smallest absolute Gasteiger partial charge is 0.227 e. The van der Waals surface area contributed by atoms with Gasteiger partial charge >= 0.3 is 0 Å². The van der Waals surface area contributed by atoms with Crippen LogP contribution < -0.4 is 14.7 Å². The fraction of sp³-hybridized carbons (Fsp3) is 0.500. The second kappa shape index (κ2) is 7.82. The number of aromatic nitrogens is 5. The molecule has 0 aliphatic carbocycles. The molecule has 0 bridgehead atoms. The molecule has 9 nitrogen and oxygen atoms in total. The SMILES string of the molecule is CN(c1ccnc(N2CCOCC2)n1)C1CCCN(c2ccn3nccc3n2)C1. The molecule has 5 rings (SSSR count). The first-order chi connectivity index (χ1) is 14.3. The van der Waals surface area contributed by atoms with Crippen LogP contribution >= 0.6 is 0 Å². The molecule has 152 valence electrons. The molecule has 5 heterocycles. The highest BCUT2D eigenvalue weighted by molar-refractivity contribution is 5.49. The van der Waals surface area contributed by atoms with Crippen LogP contribution in [0.5, 0.6) is 0 Å². The van der Waals surface area contributed by atoms with Gasteiger partial charge in [-0.15, -0.1) is 0 Å². The summed E-state index contributed by atoms with van der Waals surface area (Å²) in [7, 11) is 2.13. The van der Waals surface area contributed by atoms with E-state index >= 15 is 0 Å². The van der Waals surface area contributed by atoms with Gasteiger partial charge in [0.15, 0.2) is 5.65 Å². The summed E-state index contributed by atoms with van der Waals surface area (Å²) in [6, 6.07) is 6.35. The number of piperidine rings is 1. The van der Waals surface area contributed by atoms with Gasteiger partial charge in [-0.3, -0.25) is 0 Å². The normalized spacial score (nSPS) is 20.2. The van der Waals surface area contributed by atoms with Crippen LogP contribution in [0.4, 0.5) is 17.6 Å². The van der Waals surface area contributed by atoms with E-state index in [-0.39, 0.29) is 0 Å². The van der Waals surface area contributed by atoms with Gasteiger partial charge in [-0.25, -0.2) is 14.5 Å². The van der Waals surface area contributed by atoms with Gasteiger partial charge in [0, 0.05) is 57.7 Å². The summed E-state index contributed by atoms with van der Waals surface area (Å²) in [5.41, 5.74) is 0.879. The first kappa shape index (κ1) is 18.1. The first-order valence-corrected chi connectivity index (χ1v) is 10.2. The molecule has 3 aromatic rings. The van der Waals surface area contributed by atoms with Crippen molar-refractivity contribution >= 4 is 23.2 Å². The summed E-state index contributed by atoms with van der Waals surface area (Å²) in [4.78, 5) is 20.9. The van der Waals surface area contributed by atoms with E-state index in [0.717, 1.165) is 75.5 Å². The first-order valence-electron chi connectivity index (χ1n) is 10.2. The van der Waals surface area contributed by atoms with Crippen molar-refractivity contribution in [3.63, 3.8) is 0 Å². The van der Waals surface area contributed by atoms with E-state index in [2.05, 4.69) is 31.8 Å². The van der Waals surface area contributed by atoms with Crippen LogP contribution in [0.15, 0.2) is 36.8 Å². The Morgan fingerprint density at radius 3 is 2.83 bits per heavy atom. The van der Waals surface area contributed by atoms with Gasteiger partial charge in [0.1, 0.15) is 11.6 Å². The van der Waals surface area contributed by atoms with Crippen molar-refractivity contribution < 1.29 is 4.74 Å². The largest absolute Gasteiger partial charge is 0.378 e. The highest BCUT2D eigenvalue weighted by atomic mass is 16.5. The molecule has 2 fully saturated rings. The number of anilines is 3. The molecule has 1 atom stereocenters. The van der Waals surface area contributed by atoms with Gasteiger partial charge in [-0.05, 0) is 25.0 Å². The van der Waals surface area contributed by atoms with Gasteiger partial charge in [-0.2, -0.15) is 10.1 Å². The molecule has 0 aromatic carbocycles. The van der Waals surface area contributed by atoms with E-state index in [4.69, 9.17) is 14.7 Å². The Balaban J connectivity index is 1.32. The Hall–Kier alpha value is -2.94. The van der Waals surface area contributed by atoms with Crippen LogP contribution in [0.25, 0.3) is 5.65 Å². The van der Waals surface area contributed by atoms with Crippen LogP contribution in [-0.4, -0.2) is 77.0 Å². The van der Waals surface area contributed by atoms with Crippen molar-refractivity contribution in [1.82, 2.24) is 24.6 Å². The van der Waals surface area contributed by atoms with Gasteiger partial charge in [0.05, 0.1) is 19.4 Å². The standard InChI is InChI=1S/C20H26N8O/c1-25(17-4-7-21-20(24-17)26-11-13-29-14-12-26)16-3-2-9-27(15-16)18-6-10-28-19(23-18)5-8-22-28/h4-8,10,16H,2-3,9,11-15H2,1H3. The Kier molecular flexibility index (Phi) is 4.89. The molecular weight excluding hydrogens is 368 g/mol. The van der Waals surface area contributed by atoms with E-state index in [1.807, 2.05) is 30.6 Å². The predicted molar refractivity (Wildman–Crippen MR) is 112 cm³/mol. The molecule has 0 spiro atoms. The lowest BCUT2D eigenvalue weighted by Crippen LogP contribution is -2.47. The van der Waals surface area contributed by atoms with Crippen molar-refractivity contribution in [2.75, 3.05) is 61.1 Å². The summed E-state index contributed by atoms with van der Waals surface area (Å²) in [5, 5.41) is 4.24. The summed E-state index contributed by atoms with van der Waals surface area (Å²) in [5.74, 6) is 2.76. The molecular formula is C20H26N8O. The van der Waals surface area contributed by atoms with Gasteiger partial charge < -0.3 is 19.4 Å². The quantitative estimate of drug-likeness (QED) is 0.658. The minimum Gasteiger partial charge on any atom is -0.378 e. The Morgan fingerprint density at radius 1 is 1.03 bits per heavy atom. The molecule has 0 amide bonds. The molecule has 9 heteroatoms. The second-order valence-electron chi connectivity index (χ2n) is 7.59. The zero-order chi connectivity index (χ0) is 19.6. The molecule has 0 saturated carbocycles. The molecule has 29 heavy (non-hydrogen) atoms. The highest BCUT2D eigenvalue weighted by Gasteiger charge is 2.26. The monoisotopic (exact) mass is 394 g/mol. The van der Waals surface area contributed by atoms with Crippen LogP contribution in [0, 0.1) is 0 Å². The Bertz CT molecular complexity index is 970. The van der Waals surface area contributed by atoms with Crippen molar-refractivity contribution in [3.05, 3.63) is 36.8 Å². The fourth-order valence-corrected chi connectivity index (χ4v) is 4.10.